The number of primary amides is 1. The molecule has 0 heterocycles. The van der Waals surface area contributed by atoms with E-state index in [0.29, 0.717) is 18.7 Å². The van der Waals surface area contributed by atoms with Gasteiger partial charge >= 0.3 is 0 Å². The Hall–Kier alpha value is -2.33. The number of hydrogen-bond donors (Lipinski definition) is 2. The van der Waals surface area contributed by atoms with Crippen LogP contribution in [0.1, 0.15) is 21.5 Å². The molecule has 4 heteroatoms. The van der Waals surface area contributed by atoms with Gasteiger partial charge in [0.15, 0.2) is 0 Å². The normalized spacial score (nSPS) is 10.2. The summed E-state index contributed by atoms with van der Waals surface area (Å²) in [5, 5.41) is 3.34. The maximum absolute atomic E-state index is 11.0. The van der Waals surface area contributed by atoms with Gasteiger partial charge in [-0.1, -0.05) is 24.3 Å². The second-order valence-electron chi connectivity index (χ2n) is 4.55. The molecule has 0 spiro atoms. The van der Waals surface area contributed by atoms with E-state index in [-0.39, 0.29) is 0 Å². The van der Waals surface area contributed by atoms with Crippen LogP contribution in [0, 0.1) is 0 Å². The van der Waals surface area contributed by atoms with Crippen LogP contribution >= 0.6 is 0 Å². The monoisotopic (exact) mass is 270 g/mol. The molecule has 1 amide bonds. The van der Waals surface area contributed by atoms with Crippen molar-refractivity contribution in [1.82, 2.24) is 0 Å². The van der Waals surface area contributed by atoms with Gasteiger partial charge in [0.2, 0.25) is 5.91 Å². The molecule has 0 aliphatic rings. The van der Waals surface area contributed by atoms with Crippen molar-refractivity contribution in [3.05, 3.63) is 65.2 Å². The first-order valence-electron chi connectivity index (χ1n) is 6.39. The number of hydrogen-bond acceptors (Lipinski definition) is 3. The van der Waals surface area contributed by atoms with Gasteiger partial charge in [-0.25, -0.2) is 0 Å². The highest BCUT2D eigenvalue weighted by Gasteiger charge is 2.00. The van der Waals surface area contributed by atoms with Gasteiger partial charge in [0.05, 0.1) is 6.61 Å². The van der Waals surface area contributed by atoms with E-state index in [1.807, 2.05) is 30.3 Å². The third-order valence-electron chi connectivity index (χ3n) is 2.97. The number of amides is 1. The summed E-state index contributed by atoms with van der Waals surface area (Å²) >= 11 is 0. The highest BCUT2D eigenvalue weighted by Crippen LogP contribution is 2.13. The van der Waals surface area contributed by atoms with E-state index in [1.54, 1.807) is 19.2 Å². The minimum Gasteiger partial charge on any atom is -0.381 e. The van der Waals surface area contributed by atoms with Gasteiger partial charge in [0.1, 0.15) is 0 Å². The topological polar surface area (TPSA) is 64.3 Å². The summed E-state index contributed by atoms with van der Waals surface area (Å²) in [5.74, 6) is -0.406. The molecule has 0 radical (unpaired) electrons. The Kier molecular flexibility index (Phi) is 4.74. The van der Waals surface area contributed by atoms with Crippen molar-refractivity contribution >= 4 is 11.6 Å². The fourth-order valence-electron chi connectivity index (χ4n) is 1.93. The molecule has 0 atom stereocenters. The summed E-state index contributed by atoms with van der Waals surface area (Å²) in [4.78, 5) is 11.0. The summed E-state index contributed by atoms with van der Waals surface area (Å²) in [5.41, 5.74) is 8.99. The molecule has 0 unspecified atom stereocenters. The van der Waals surface area contributed by atoms with E-state index in [0.717, 1.165) is 16.8 Å². The third kappa shape index (κ3) is 3.83. The number of nitrogens with two attached hydrogens (primary N) is 1. The second kappa shape index (κ2) is 6.73. The Morgan fingerprint density at radius 1 is 1.15 bits per heavy atom. The van der Waals surface area contributed by atoms with Crippen molar-refractivity contribution in [3.8, 4) is 0 Å². The third-order valence-corrected chi connectivity index (χ3v) is 2.97. The molecule has 0 bridgehead atoms. The van der Waals surface area contributed by atoms with Crippen LogP contribution in [-0.4, -0.2) is 13.0 Å². The van der Waals surface area contributed by atoms with Crippen LogP contribution in [0.2, 0.25) is 0 Å². The van der Waals surface area contributed by atoms with Gasteiger partial charge in [-0.15, -0.1) is 0 Å². The van der Waals surface area contributed by atoms with E-state index < -0.39 is 5.91 Å². The van der Waals surface area contributed by atoms with Crippen LogP contribution in [-0.2, 0) is 17.9 Å². The molecule has 2 rings (SSSR count). The number of carbonyl (C=O) groups excluding carboxylic acids is 1. The minimum atomic E-state index is -0.406. The lowest BCUT2D eigenvalue weighted by Gasteiger charge is -2.08. The highest BCUT2D eigenvalue weighted by atomic mass is 16.5. The molecule has 20 heavy (non-hydrogen) atoms. The maximum Gasteiger partial charge on any atom is 0.248 e. The summed E-state index contributed by atoms with van der Waals surface area (Å²) in [6.07, 6.45) is 0. The number of benzene rings is 2. The average Bonchev–Trinajstić information content (AvgIpc) is 2.46. The Balaban J connectivity index is 1.97. The Morgan fingerprint density at radius 2 is 1.90 bits per heavy atom. The predicted molar refractivity (Wildman–Crippen MR) is 79.4 cm³/mol. The Morgan fingerprint density at radius 3 is 2.55 bits per heavy atom. The van der Waals surface area contributed by atoms with Crippen LogP contribution in [0.3, 0.4) is 0 Å². The summed E-state index contributed by atoms with van der Waals surface area (Å²) < 4.78 is 5.11. The van der Waals surface area contributed by atoms with Crippen LogP contribution < -0.4 is 11.1 Å². The molecule has 2 aromatic rings. The van der Waals surface area contributed by atoms with Crippen molar-refractivity contribution in [2.45, 2.75) is 13.2 Å². The molecule has 104 valence electrons. The van der Waals surface area contributed by atoms with Gasteiger partial charge in [-0.3, -0.25) is 4.79 Å². The van der Waals surface area contributed by atoms with E-state index >= 15 is 0 Å². The van der Waals surface area contributed by atoms with Crippen LogP contribution in [0.25, 0.3) is 0 Å². The Bertz CT molecular complexity index is 579. The number of methoxy groups -OCH3 is 1. The molecular weight excluding hydrogens is 252 g/mol. The number of rotatable bonds is 6. The molecule has 0 saturated heterocycles. The van der Waals surface area contributed by atoms with Crippen molar-refractivity contribution in [2.24, 2.45) is 5.73 Å². The molecule has 0 aliphatic carbocycles. The average molecular weight is 270 g/mol. The molecular formula is C16H18N2O2. The fraction of sp³-hybridized carbons (Fsp3) is 0.188. The first-order valence-corrected chi connectivity index (χ1v) is 6.39. The summed E-state index contributed by atoms with van der Waals surface area (Å²) in [7, 11) is 1.68. The second-order valence-corrected chi connectivity index (χ2v) is 4.55. The molecule has 2 aromatic carbocycles. The zero-order chi connectivity index (χ0) is 14.4. The molecule has 0 saturated carbocycles. The van der Waals surface area contributed by atoms with Crippen LogP contribution in [0.4, 0.5) is 5.69 Å². The quantitative estimate of drug-likeness (QED) is 0.847. The van der Waals surface area contributed by atoms with E-state index in [4.69, 9.17) is 10.5 Å². The fourth-order valence-corrected chi connectivity index (χ4v) is 1.93. The SMILES string of the molecule is COCc1cccc(NCc2ccc(C(N)=O)cc2)c1. The number of anilines is 1. The largest absolute Gasteiger partial charge is 0.381 e. The van der Waals surface area contributed by atoms with Crippen molar-refractivity contribution in [1.29, 1.82) is 0 Å². The number of carbonyl (C=O) groups is 1. The van der Waals surface area contributed by atoms with E-state index in [1.165, 1.54) is 0 Å². The molecule has 0 aliphatic heterocycles. The zero-order valence-corrected chi connectivity index (χ0v) is 11.4. The first-order chi connectivity index (χ1) is 9.69. The molecule has 0 aromatic heterocycles. The van der Waals surface area contributed by atoms with Crippen molar-refractivity contribution in [3.63, 3.8) is 0 Å². The Labute approximate surface area is 118 Å². The number of ether oxygens (including phenoxy) is 1. The van der Waals surface area contributed by atoms with Crippen LogP contribution in [0.5, 0.6) is 0 Å². The van der Waals surface area contributed by atoms with Gasteiger partial charge in [-0.05, 0) is 35.4 Å². The lowest BCUT2D eigenvalue weighted by atomic mass is 10.1. The van der Waals surface area contributed by atoms with E-state index in [2.05, 4.69) is 11.4 Å². The minimum absolute atomic E-state index is 0.406. The van der Waals surface area contributed by atoms with Crippen molar-refractivity contribution < 1.29 is 9.53 Å². The summed E-state index contributed by atoms with van der Waals surface area (Å²) in [6.45, 7) is 1.29. The smallest absolute Gasteiger partial charge is 0.248 e. The van der Waals surface area contributed by atoms with Crippen molar-refractivity contribution in [2.75, 3.05) is 12.4 Å². The van der Waals surface area contributed by atoms with Gasteiger partial charge < -0.3 is 15.8 Å². The number of nitrogens with one attached hydrogen (secondary N) is 1. The zero-order valence-electron chi connectivity index (χ0n) is 11.4. The van der Waals surface area contributed by atoms with E-state index in [9.17, 15) is 4.79 Å². The standard InChI is InChI=1S/C16H18N2O2/c1-20-11-13-3-2-4-15(9-13)18-10-12-5-7-14(8-6-12)16(17)19/h2-9,18H,10-11H2,1H3,(H2,17,19). The lowest BCUT2D eigenvalue weighted by Crippen LogP contribution is -2.10. The maximum atomic E-state index is 11.0. The molecule has 0 fully saturated rings. The predicted octanol–water partition coefficient (Wildman–Crippen LogP) is 2.54. The molecule has 4 nitrogen and oxygen atoms in total. The highest BCUT2D eigenvalue weighted by molar-refractivity contribution is 5.92. The van der Waals surface area contributed by atoms with Crippen LogP contribution in [0.15, 0.2) is 48.5 Å². The first kappa shape index (κ1) is 14.1. The van der Waals surface area contributed by atoms with Gasteiger partial charge in [0.25, 0.3) is 0 Å². The summed E-state index contributed by atoms with van der Waals surface area (Å²) in [6, 6.07) is 15.3. The van der Waals surface area contributed by atoms with Gasteiger partial charge in [-0.2, -0.15) is 0 Å². The lowest BCUT2D eigenvalue weighted by molar-refractivity contribution is 0.100. The van der Waals surface area contributed by atoms with Gasteiger partial charge in [0, 0.05) is 24.9 Å². The molecule has 3 N–H and O–H groups in total.